The summed E-state index contributed by atoms with van der Waals surface area (Å²) in [5, 5.41) is 6.65. The zero-order chi connectivity index (χ0) is 24.5. The molecule has 10 nitrogen and oxygen atoms in total. The van der Waals surface area contributed by atoms with Crippen molar-refractivity contribution in [2.75, 3.05) is 45.3 Å². The molecular weight excluding hydrogens is 532 g/mol. The van der Waals surface area contributed by atoms with E-state index in [1.807, 2.05) is 0 Å². The van der Waals surface area contributed by atoms with Gasteiger partial charge in [0.25, 0.3) is 5.91 Å². The van der Waals surface area contributed by atoms with Crippen molar-refractivity contribution in [1.82, 2.24) is 10.3 Å². The van der Waals surface area contributed by atoms with Crippen molar-refractivity contribution in [2.45, 2.75) is 0 Å². The molecule has 0 bridgehead atoms. The van der Waals surface area contributed by atoms with Gasteiger partial charge >= 0.3 is 11.8 Å². The van der Waals surface area contributed by atoms with Crippen LogP contribution in [0.4, 0.5) is 5.69 Å². The first kappa shape index (κ1) is 25.5. The van der Waals surface area contributed by atoms with Crippen molar-refractivity contribution in [2.24, 2.45) is 5.10 Å². The Kier molecular flexibility index (Phi) is 9.25. The standard InChI is InChI=1S/C22H22BrClN4O6/c1-32-18-10-14(9-17(23)20(18)34-13-19(29)28-5-7-33-8-6-28)12-25-27-22(31)21(30)26-16-4-2-3-15(24)11-16/h2-4,9-12H,5-8,13H2,1H3,(H,26,30)(H,27,31)/b25-12-. The molecule has 1 heterocycles. The average Bonchev–Trinajstić information content (AvgIpc) is 2.83. The van der Waals surface area contributed by atoms with Crippen LogP contribution < -0.4 is 20.2 Å². The van der Waals surface area contributed by atoms with Crippen molar-refractivity contribution in [3.8, 4) is 11.5 Å². The topological polar surface area (TPSA) is 119 Å². The lowest BCUT2D eigenvalue weighted by atomic mass is 10.2. The monoisotopic (exact) mass is 552 g/mol. The summed E-state index contributed by atoms with van der Waals surface area (Å²) in [6, 6.07) is 9.68. The number of morpholine rings is 1. The van der Waals surface area contributed by atoms with Gasteiger partial charge in [0, 0.05) is 23.8 Å². The summed E-state index contributed by atoms with van der Waals surface area (Å²) >= 11 is 9.26. The largest absolute Gasteiger partial charge is 0.493 e. The number of benzene rings is 2. The Morgan fingerprint density at radius 1 is 1.21 bits per heavy atom. The SMILES string of the molecule is COc1cc(/C=N\NC(=O)C(=O)Nc2cccc(Cl)c2)cc(Br)c1OCC(=O)N1CCOCC1. The lowest BCUT2D eigenvalue weighted by Crippen LogP contribution is -2.43. The van der Waals surface area contributed by atoms with E-state index < -0.39 is 11.8 Å². The van der Waals surface area contributed by atoms with Crippen molar-refractivity contribution in [3.63, 3.8) is 0 Å². The van der Waals surface area contributed by atoms with Crippen LogP contribution >= 0.6 is 27.5 Å². The van der Waals surface area contributed by atoms with Crippen LogP contribution in [0.1, 0.15) is 5.56 Å². The molecule has 0 radical (unpaired) electrons. The number of halogens is 2. The molecule has 2 aromatic rings. The van der Waals surface area contributed by atoms with Crippen LogP contribution in [0.25, 0.3) is 0 Å². The number of rotatable bonds is 7. The van der Waals surface area contributed by atoms with Crippen LogP contribution in [0.3, 0.4) is 0 Å². The first-order valence-corrected chi connectivity index (χ1v) is 11.3. The predicted octanol–water partition coefficient (Wildman–Crippen LogP) is 2.44. The first-order valence-electron chi connectivity index (χ1n) is 10.1. The van der Waals surface area contributed by atoms with E-state index in [1.165, 1.54) is 19.4 Å². The highest BCUT2D eigenvalue weighted by atomic mass is 79.9. The van der Waals surface area contributed by atoms with Gasteiger partial charge in [-0.2, -0.15) is 5.10 Å². The smallest absolute Gasteiger partial charge is 0.329 e. The molecule has 2 aromatic carbocycles. The number of ether oxygens (including phenoxy) is 3. The number of hydrogen-bond donors (Lipinski definition) is 2. The second-order valence-electron chi connectivity index (χ2n) is 6.98. The van der Waals surface area contributed by atoms with Crippen LogP contribution in [-0.2, 0) is 19.1 Å². The number of methoxy groups -OCH3 is 1. The Bertz CT molecular complexity index is 1090. The van der Waals surface area contributed by atoms with Crippen LogP contribution in [-0.4, -0.2) is 68.9 Å². The van der Waals surface area contributed by atoms with Crippen molar-refractivity contribution < 1.29 is 28.6 Å². The van der Waals surface area contributed by atoms with Crippen LogP contribution in [0.15, 0.2) is 46.0 Å². The maximum atomic E-state index is 12.3. The minimum Gasteiger partial charge on any atom is -0.493 e. The van der Waals surface area contributed by atoms with Crippen LogP contribution in [0.2, 0.25) is 5.02 Å². The maximum absolute atomic E-state index is 12.3. The van der Waals surface area contributed by atoms with E-state index in [2.05, 4.69) is 31.8 Å². The van der Waals surface area contributed by atoms with E-state index >= 15 is 0 Å². The number of hydrazone groups is 1. The number of amides is 3. The fourth-order valence-electron chi connectivity index (χ4n) is 2.96. The highest BCUT2D eigenvalue weighted by Gasteiger charge is 2.19. The molecule has 2 N–H and O–H groups in total. The van der Waals surface area contributed by atoms with Gasteiger partial charge in [0.1, 0.15) is 0 Å². The number of hydrogen-bond acceptors (Lipinski definition) is 7. The number of anilines is 1. The molecular formula is C22H22BrClN4O6. The lowest BCUT2D eigenvalue weighted by Gasteiger charge is -2.26. The molecule has 1 aliphatic heterocycles. The minimum absolute atomic E-state index is 0.151. The van der Waals surface area contributed by atoms with Crippen molar-refractivity contribution in [1.29, 1.82) is 0 Å². The molecule has 3 amide bonds. The van der Waals surface area contributed by atoms with Crippen molar-refractivity contribution >= 4 is 57.2 Å². The van der Waals surface area contributed by atoms with Gasteiger partial charge in [0.05, 0.1) is 31.0 Å². The number of nitrogens with zero attached hydrogens (tertiary/aromatic N) is 2. The van der Waals surface area contributed by atoms with Gasteiger partial charge in [0.15, 0.2) is 18.1 Å². The summed E-state index contributed by atoms with van der Waals surface area (Å²) in [4.78, 5) is 38.0. The molecule has 0 atom stereocenters. The van der Waals surface area contributed by atoms with Gasteiger partial charge in [-0.3, -0.25) is 14.4 Å². The number of carbonyl (C=O) groups excluding carboxylic acids is 3. The zero-order valence-corrected chi connectivity index (χ0v) is 20.5. The zero-order valence-electron chi connectivity index (χ0n) is 18.2. The van der Waals surface area contributed by atoms with Gasteiger partial charge in [-0.1, -0.05) is 17.7 Å². The Balaban J connectivity index is 1.58. The number of nitrogens with one attached hydrogen (secondary N) is 2. The van der Waals surface area contributed by atoms with Crippen LogP contribution in [0, 0.1) is 0 Å². The van der Waals surface area contributed by atoms with Gasteiger partial charge in [0.2, 0.25) is 0 Å². The third kappa shape index (κ3) is 7.17. The van der Waals surface area contributed by atoms with E-state index in [0.717, 1.165) is 0 Å². The normalized spacial score (nSPS) is 13.4. The number of carbonyl (C=O) groups is 3. The second-order valence-corrected chi connectivity index (χ2v) is 8.27. The van der Waals surface area contributed by atoms with Gasteiger partial charge < -0.3 is 24.4 Å². The molecule has 1 fully saturated rings. The summed E-state index contributed by atoms with van der Waals surface area (Å²) in [6.45, 7) is 1.91. The van der Waals surface area contributed by atoms with Gasteiger partial charge in [-0.15, -0.1) is 0 Å². The summed E-state index contributed by atoms with van der Waals surface area (Å²) in [7, 11) is 1.46. The summed E-state index contributed by atoms with van der Waals surface area (Å²) in [6.07, 6.45) is 1.33. The first-order chi connectivity index (χ1) is 16.4. The summed E-state index contributed by atoms with van der Waals surface area (Å²) in [5.74, 6) is -1.29. The molecule has 0 spiro atoms. The average molecular weight is 554 g/mol. The van der Waals surface area contributed by atoms with Crippen LogP contribution in [0.5, 0.6) is 11.5 Å². The van der Waals surface area contributed by atoms with Crippen molar-refractivity contribution in [3.05, 3.63) is 51.5 Å². The minimum atomic E-state index is -0.955. The van der Waals surface area contributed by atoms with E-state index in [1.54, 1.807) is 35.2 Å². The molecule has 0 aromatic heterocycles. The highest BCUT2D eigenvalue weighted by molar-refractivity contribution is 9.10. The molecule has 34 heavy (non-hydrogen) atoms. The Morgan fingerprint density at radius 2 is 1.97 bits per heavy atom. The third-order valence-electron chi connectivity index (χ3n) is 4.62. The fraction of sp³-hybridized carbons (Fsp3) is 0.273. The highest BCUT2D eigenvalue weighted by Crippen LogP contribution is 2.36. The molecule has 1 aliphatic rings. The van der Waals surface area contributed by atoms with E-state index in [-0.39, 0.29) is 12.5 Å². The third-order valence-corrected chi connectivity index (χ3v) is 5.45. The van der Waals surface area contributed by atoms with E-state index in [4.69, 9.17) is 25.8 Å². The fourth-order valence-corrected chi connectivity index (χ4v) is 3.73. The molecule has 1 saturated heterocycles. The Labute approximate surface area is 209 Å². The second kappa shape index (κ2) is 12.4. The molecule has 0 saturated carbocycles. The summed E-state index contributed by atoms with van der Waals surface area (Å²) in [5.41, 5.74) is 3.08. The summed E-state index contributed by atoms with van der Waals surface area (Å²) < 4.78 is 16.8. The molecule has 180 valence electrons. The molecule has 3 rings (SSSR count). The Morgan fingerprint density at radius 3 is 2.68 bits per heavy atom. The van der Waals surface area contributed by atoms with E-state index in [9.17, 15) is 14.4 Å². The van der Waals surface area contributed by atoms with E-state index in [0.29, 0.717) is 58.5 Å². The lowest BCUT2D eigenvalue weighted by molar-refractivity contribution is -0.137. The molecule has 0 aliphatic carbocycles. The molecule has 0 unspecified atom stereocenters. The predicted molar refractivity (Wildman–Crippen MR) is 129 cm³/mol. The van der Waals surface area contributed by atoms with Gasteiger partial charge in [-0.25, -0.2) is 5.43 Å². The quantitative estimate of drug-likeness (QED) is 0.309. The molecule has 12 heteroatoms. The van der Waals surface area contributed by atoms with Gasteiger partial charge in [-0.05, 0) is 51.8 Å². The Hall–Kier alpha value is -3.15. The maximum Gasteiger partial charge on any atom is 0.329 e.